The van der Waals surface area contributed by atoms with E-state index in [1.54, 1.807) is 0 Å². The number of fused-ring (bicyclic) bond motifs is 5. The van der Waals surface area contributed by atoms with Crippen LogP contribution in [-0.2, 0) is 36.7 Å². The van der Waals surface area contributed by atoms with E-state index in [-0.39, 0.29) is 34.0 Å². The van der Waals surface area contributed by atoms with Gasteiger partial charge in [-0.25, -0.2) is 38.9 Å². The zero-order chi connectivity index (χ0) is 31.0. The van der Waals surface area contributed by atoms with Gasteiger partial charge in [0, 0.05) is 6.66 Å². The van der Waals surface area contributed by atoms with Crippen LogP contribution in [0.25, 0.3) is 22.3 Å². The van der Waals surface area contributed by atoms with Crippen molar-refractivity contribution in [3.05, 3.63) is 25.3 Å². The molecule has 4 aromatic heterocycles. The summed E-state index contributed by atoms with van der Waals surface area (Å²) < 4.78 is 80.0. The molecule has 23 heteroatoms. The van der Waals surface area contributed by atoms with E-state index in [9.17, 15) is 14.2 Å². The highest BCUT2D eigenvalue weighted by Crippen LogP contribution is 2.58. The van der Waals surface area contributed by atoms with E-state index < -0.39 is 76.8 Å². The Kier molecular flexibility index (Phi) is 7.40. The van der Waals surface area contributed by atoms with E-state index in [1.807, 2.05) is 0 Å². The molecule has 5 N–H and O–H groups in total. The number of aliphatic hydroxyl groups excluding tert-OH is 1. The lowest BCUT2D eigenvalue weighted by atomic mass is 10.1. The first-order valence-corrected chi connectivity index (χ1v) is 17.7. The van der Waals surface area contributed by atoms with Crippen LogP contribution in [0.2, 0.25) is 0 Å². The predicted octanol–water partition coefficient (Wildman–Crippen LogP) is 1.00. The fourth-order valence-corrected chi connectivity index (χ4v) is 7.93. The minimum atomic E-state index is -4.34. The third-order valence-corrected chi connectivity index (χ3v) is 10.2. The molecule has 3 fully saturated rings. The molecule has 44 heavy (non-hydrogen) atoms. The second-order valence-electron chi connectivity index (χ2n) is 10.2. The van der Waals surface area contributed by atoms with Crippen molar-refractivity contribution in [1.29, 1.82) is 0 Å². The number of alkyl halides is 1. The van der Waals surface area contributed by atoms with Gasteiger partial charge in [-0.2, -0.15) is 0 Å². The van der Waals surface area contributed by atoms with Crippen LogP contribution >= 0.6 is 26.6 Å². The highest BCUT2D eigenvalue weighted by molar-refractivity contribution is 8.44. The Hall–Kier alpha value is -2.84. The molecule has 8 unspecified atom stereocenters. The number of aliphatic hydroxyl groups is 1. The van der Waals surface area contributed by atoms with Gasteiger partial charge in [-0.05, 0) is 0 Å². The lowest BCUT2D eigenvalue weighted by Gasteiger charge is -2.26. The Labute approximate surface area is 251 Å². The van der Waals surface area contributed by atoms with Crippen LogP contribution in [0.3, 0.4) is 0 Å². The zero-order valence-corrected chi connectivity index (χ0v) is 25.2. The summed E-state index contributed by atoms with van der Waals surface area (Å²) in [6, 6.07) is 0. The maximum atomic E-state index is 16.0. The molecule has 0 aromatic carbocycles. The van der Waals surface area contributed by atoms with Gasteiger partial charge < -0.3 is 30.6 Å². The van der Waals surface area contributed by atoms with Gasteiger partial charge in [0.2, 0.25) is 0 Å². The van der Waals surface area contributed by atoms with Crippen LogP contribution in [-0.4, -0.2) is 101 Å². The van der Waals surface area contributed by atoms with Crippen molar-refractivity contribution in [2.24, 2.45) is 0 Å². The monoisotopic (exact) mass is 674 g/mol. The first-order chi connectivity index (χ1) is 20.9. The van der Waals surface area contributed by atoms with Crippen molar-refractivity contribution < 1.29 is 46.2 Å². The fraction of sp³-hybridized carbons (Fsp3) is 0.524. The molecule has 0 amide bonds. The highest BCUT2D eigenvalue weighted by atomic mass is 32.7. The number of halogens is 1. The molecule has 3 saturated heterocycles. The molecule has 3 aliphatic rings. The number of nitrogens with zero attached hydrogens (tertiary/aromatic N) is 8. The molecular weight excluding hydrogens is 649 g/mol. The molecule has 0 aliphatic carbocycles. The van der Waals surface area contributed by atoms with Crippen molar-refractivity contribution >= 4 is 60.6 Å². The number of aromatic nitrogens is 8. The summed E-state index contributed by atoms with van der Waals surface area (Å²) in [6.45, 7) is -4.28. The Morgan fingerprint density at radius 2 is 1.43 bits per heavy atom. The Morgan fingerprint density at radius 1 is 0.864 bits per heavy atom. The molecule has 19 nitrogen and oxygen atoms in total. The number of hydrogen-bond acceptors (Lipinski definition) is 17. The first-order valence-electron chi connectivity index (χ1n) is 13.0. The number of nitrogen functional groups attached to an aromatic ring is 2. The molecular formula is C21H25FN10O9P2S. The highest BCUT2D eigenvalue weighted by Gasteiger charge is 2.53. The summed E-state index contributed by atoms with van der Waals surface area (Å²) in [4.78, 5) is 24.4. The molecule has 2 bridgehead atoms. The zero-order valence-electron chi connectivity index (χ0n) is 22.5. The third kappa shape index (κ3) is 5.16. The van der Waals surface area contributed by atoms with E-state index in [0.29, 0.717) is 0 Å². The van der Waals surface area contributed by atoms with Crippen molar-refractivity contribution in [2.75, 3.05) is 31.3 Å². The number of nitrogens with two attached hydrogens (primary N) is 2. The number of thiol groups is 1. The van der Waals surface area contributed by atoms with E-state index in [2.05, 4.69) is 42.2 Å². The van der Waals surface area contributed by atoms with Gasteiger partial charge in [0.15, 0.2) is 41.6 Å². The fourth-order valence-electron chi connectivity index (χ4n) is 5.30. The number of anilines is 2. The summed E-state index contributed by atoms with van der Waals surface area (Å²) in [5.41, 5.74) is 12.6. The van der Waals surface area contributed by atoms with Gasteiger partial charge in [-0.3, -0.25) is 27.3 Å². The minimum absolute atomic E-state index is 0.0681. The lowest BCUT2D eigenvalue weighted by Crippen LogP contribution is -2.35. The van der Waals surface area contributed by atoms with Crippen LogP contribution in [0, 0.1) is 0 Å². The molecule has 7 heterocycles. The summed E-state index contributed by atoms with van der Waals surface area (Å²) in [5, 5.41) is 11.1. The SMILES string of the molecule is CP1(=O)OCC2OC(n3cnc4c(N)ncnc43)C(F)C2OP(=O)(S)OCC2O[C@@H](n3cnc4c(N)ncnc43)C(O1)[C@H]2O. The Morgan fingerprint density at radius 3 is 2.07 bits per heavy atom. The Balaban J connectivity index is 1.20. The average Bonchev–Trinajstić information content (AvgIpc) is 3.73. The van der Waals surface area contributed by atoms with Crippen molar-refractivity contribution in [3.63, 3.8) is 0 Å². The maximum absolute atomic E-state index is 16.0. The standard InChI is InChI=1S/C21H25FN10O9P2S/c1-42(34)36-3-9-14(10(22)20(39-9)31-6-29-11-16(23)25-4-27-18(11)31)41-43(35,44)37-2-8-13(33)15(40-42)21(38-8)32-7-30-12-17(24)26-5-28-19(12)32/h4-10,13-15,20-21,33H,2-3H2,1H3,(H,35,44)(H2,23,25,27)(H2,24,26,28)/t8?,9?,10?,13-,14?,15?,20?,21+,42?,43?/m0/s1. The van der Waals surface area contributed by atoms with Gasteiger partial charge in [-0.15, -0.1) is 0 Å². The molecule has 10 atom stereocenters. The second-order valence-corrected chi connectivity index (χ2v) is 15.1. The predicted molar refractivity (Wildman–Crippen MR) is 150 cm³/mol. The molecule has 4 aromatic rings. The van der Waals surface area contributed by atoms with Crippen molar-refractivity contribution in [1.82, 2.24) is 39.0 Å². The largest absolute Gasteiger partial charge is 0.387 e. The van der Waals surface area contributed by atoms with Gasteiger partial charge in [-0.1, -0.05) is 12.2 Å². The number of ether oxygens (including phenoxy) is 2. The normalized spacial score (nSPS) is 38.3. The first kappa shape index (κ1) is 29.8. The Bertz CT molecular complexity index is 1830. The van der Waals surface area contributed by atoms with Crippen LogP contribution in [0.4, 0.5) is 16.0 Å². The third-order valence-electron chi connectivity index (χ3n) is 7.35. The van der Waals surface area contributed by atoms with E-state index in [1.165, 1.54) is 34.4 Å². The smallest absolute Gasteiger partial charge is 0.386 e. The quantitative estimate of drug-likeness (QED) is 0.171. The second kappa shape index (κ2) is 10.9. The van der Waals surface area contributed by atoms with Crippen LogP contribution in [0.5, 0.6) is 0 Å². The van der Waals surface area contributed by atoms with Gasteiger partial charge in [0.1, 0.15) is 54.2 Å². The van der Waals surface area contributed by atoms with Crippen molar-refractivity contribution in [2.45, 2.75) is 49.1 Å². The molecule has 7 rings (SSSR count). The summed E-state index contributed by atoms with van der Waals surface area (Å²) in [6.07, 6.45) is -6.49. The number of hydrogen-bond donors (Lipinski definition) is 4. The summed E-state index contributed by atoms with van der Waals surface area (Å²) in [5.74, 6) is 0.165. The average molecular weight is 675 g/mol. The van der Waals surface area contributed by atoms with Crippen LogP contribution in [0.15, 0.2) is 25.3 Å². The topological polar surface area (TPSA) is 249 Å². The van der Waals surface area contributed by atoms with E-state index in [4.69, 9.17) is 39.0 Å². The van der Waals surface area contributed by atoms with Gasteiger partial charge in [0.25, 0.3) is 0 Å². The molecule has 0 saturated carbocycles. The van der Waals surface area contributed by atoms with Gasteiger partial charge >= 0.3 is 14.4 Å². The van der Waals surface area contributed by atoms with E-state index >= 15 is 4.39 Å². The molecule has 0 spiro atoms. The number of rotatable bonds is 2. The molecule has 3 aliphatic heterocycles. The van der Waals surface area contributed by atoms with Gasteiger partial charge in [0.05, 0.1) is 25.9 Å². The van der Waals surface area contributed by atoms with Crippen molar-refractivity contribution in [3.8, 4) is 0 Å². The number of imidazole rings is 2. The molecule has 236 valence electrons. The summed E-state index contributed by atoms with van der Waals surface area (Å²) in [7, 11) is -4.05. The lowest BCUT2D eigenvalue weighted by molar-refractivity contribution is -0.0578. The maximum Gasteiger partial charge on any atom is 0.386 e. The van der Waals surface area contributed by atoms with Crippen LogP contribution < -0.4 is 11.5 Å². The van der Waals surface area contributed by atoms with E-state index in [0.717, 1.165) is 6.66 Å². The van der Waals surface area contributed by atoms with Crippen LogP contribution in [0.1, 0.15) is 12.5 Å². The summed E-state index contributed by atoms with van der Waals surface area (Å²) >= 11 is 4.03. The molecule has 0 radical (unpaired) electrons. The minimum Gasteiger partial charge on any atom is -0.387 e.